The highest BCUT2D eigenvalue weighted by Crippen LogP contribution is 2.23. The molecule has 1 atom stereocenters. The lowest BCUT2D eigenvalue weighted by Crippen LogP contribution is -2.18. The van der Waals surface area contributed by atoms with Crippen LogP contribution < -0.4 is 5.73 Å². The van der Waals surface area contributed by atoms with E-state index in [0.717, 1.165) is 17.8 Å². The molecule has 1 aromatic heterocycles. The summed E-state index contributed by atoms with van der Waals surface area (Å²) in [6, 6.07) is 4.43. The van der Waals surface area contributed by atoms with Crippen LogP contribution in [0.1, 0.15) is 37.7 Å². The fourth-order valence-electron chi connectivity index (χ4n) is 2.40. The molecule has 0 amide bonds. The molecule has 2 aromatic rings. The number of nitrogens with two attached hydrogens (primary N) is 1. The van der Waals surface area contributed by atoms with E-state index in [-0.39, 0.29) is 11.7 Å². The number of halogens is 2. The highest BCUT2D eigenvalue weighted by Gasteiger charge is 2.17. The first-order chi connectivity index (χ1) is 9.96. The first-order valence-corrected chi connectivity index (χ1v) is 7.27. The molecule has 21 heavy (non-hydrogen) atoms. The fraction of sp³-hybridized carbons (Fsp3) is 0.438. The van der Waals surface area contributed by atoms with Gasteiger partial charge in [-0.3, -0.25) is 0 Å². The Morgan fingerprint density at radius 3 is 2.24 bits per heavy atom. The predicted octanol–water partition coefficient (Wildman–Crippen LogP) is 3.17. The summed E-state index contributed by atoms with van der Waals surface area (Å²) in [6.45, 7) is 5.71. The van der Waals surface area contributed by atoms with Gasteiger partial charge in [0, 0.05) is 11.7 Å². The molecule has 0 aliphatic rings. The second-order valence-corrected chi connectivity index (χ2v) is 5.34. The molecule has 1 aromatic carbocycles. The average molecular weight is 293 g/mol. The second kappa shape index (κ2) is 6.35. The molecule has 0 fully saturated rings. The second-order valence-electron chi connectivity index (χ2n) is 5.34. The van der Waals surface area contributed by atoms with Gasteiger partial charge in [0.15, 0.2) is 11.6 Å². The van der Waals surface area contributed by atoms with E-state index in [1.54, 1.807) is 6.92 Å². The van der Waals surface area contributed by atoms with E-state index in [1.807, 2.05) is 19.9 Å². The summed E-state index contributed by atoms with van der Waals surface area (Å²) in [4.78, 5) is 0. The van der Waals surface area contributed by atoms with Crippen LogP contribution >= 0.6 is 0 Å². The minimum absolute atomic E-state index is 0.111. The maximum absolute atomic E-state index is 14.3. The molecule has 0 saturated carbocycles. The third-order valence-electron chi connectivity index (χ3n) is 3.40. The topological polar surface area (TPSA) is 43.8 Å². The van der Waals surface area contributed by atoms with Crippen LogP contribution in [-0.4, -0.2) is 15.8 Å². The summed E-state index contributed by atoms with van der Waals surface area (Å²) >= 11 is 0. The van der Waals surface area contributed by atoms with Gasteiger partial charge in [-0.05, 0) is 49.9 Å². The molecular formula is C16H21F2N3. The van der Waals surface area contributed by atoms with Crippen molar-refractivity contribution in [1.29, 1.82) is 0 Å². The zero-order valence-corrected chi connectivity index (χ0v) is 12.7. The van der Waals surface area contributed by atoms with E-state index in [9.17, 15) is 8.78 Å². The van der Waals surface area contributed by atoms with Crippen LogP contribution in [0.15, 0.2) is 18.2 Å². The predicted molar refractivity (Wildman–Crippen MR) is 79.6 cm³/mol. The van der Waals surface area contributed by atoms with Crippen molar-refractivity contribution in [2.24, 2.45) is 5.73 Å². The van der Waals surface area contributed by atoms with Crippen molar-refractivity contribution >= 4 is 0 Å². The van der Waals surface area contributed by atoms with E-state index in [0.29, 0.717) is 18.4 Å². The van der Waals surface area contributed by atoms with Gasteiger partial charge in [-0.1, -0.05) is 13.8 Å². The van der Waals surface area contributed by atoms with Gasteiger partial charge in [-0.25, -0.2) is 13.5 Å². The van der Waals surface area contributed by atoms with Crippen molar-refractivity contribution in [3.8, 4) is 5.69 Å². The number of aryl methyl sites for hydroxylation is 2. The zero-order chi connectivity index (χ0) is 15.6. The van der Waals surface area contributed by atoms with Gasteiger partial charge in [-0.15, -0.1) is 0 Å². The number of aromatic nitrogens is 2. The first kappa shape index (κ1) is 15.6. The van der Waals surface area contributed by atoms with Crippen molar-refractivity contribution in [3.05, 3.63) is 46.8 Å². The van der Waals surface area contributed by atoms with Crippen molar-refractivity contribution in [3.63, 3.8) is 0 Å². The smallest absolute Gasteiger partial charge is 0.152 e. The number of hydrogen-bond acceptors (Lipinski definition) is 2. The molecule has 0 spiro atoms. The molecule has 0 bridgehead atoms. The molecule has 0 aliphatic carbocycles. The van der Waals surface area contributed by atoms with Crippen molar-refractivity contribution in [2.75, 3.05) is 0 Å². The summed E-state index contributed by atoms with van der Waals surface area (Å²) in [5, 5.41) is 4.29. The number of nitrogens with zero attached hydrogens (tertiary/aromatic N) is 2. The molecule has 2 rings (SSSR count). The fourth-order valence-corrected chi connectivity index (χ4v) is 2.40. The minimum atomic E-state index is -0.605. The van der Waals surface area contributed by atoms with Crippen molar-refractivity contribution < 1.29 is 8.78 Å². The Morgan fingerprint density at radius 2 is 1.76 bits per heavy atom. The first-order valence-electron chi connectivity index (χ1n) is 7.27. The molecule has 114 valence electrons. The van der Waals surface area contributed by atoms with E-state index < -0.39 is 11.6 Å². The van der Waals surface area contributed by atoms with Crippen LogP contribution in [-0.2, 0) is 19.3 Å². The molecule has 0 aliphatic heterocycles. The lowest BCUT2D eigenvalue weighted by Gasteiger charge is -2.12. The van der Waals surface area contributed by atoms with Crippen LogP contribution in [0.25, 0.3) is 5.69 Å². The number of benzene rings is 1. The summed E-state index contributed by atoms with van der Waals surface area (Å²) in [7, 11) is 0. The molecule has 2 N–H and O–H groups in total. The van der Waals surface area contributed by atoms with Gasteiger partial charge in [0.2, 0.25) is 0 Å². The quantitative estimate of drug-likeness (QED) is 0.920. The van der Waals surface area contributed by atoms with Gasteiger partial charge in [0.05, 0.1) is 5.69 Å². The Balaban J connectivity index is 2.51. The largest absolute Gasteiger partial charge is 0.328 e. The molecule has 0 saturated heterocycles. The molecule has 5 heteroatoms. The Bertz CT molecular complexity index is 609. The van der Waals surface area contributed by atoms with E-state index in [1.165, 1.54) is 16.8 Å². The average Bonchev–Trinajstić information content (AvgIpc) is 2.80. The Kier molecular flexibility index (Phi) is 4.73. The van der Waals surface area contributed by atoms with Gasteiger partial charge in [-0.2, -0.15) is 5.10 Å². The zero-order valence-electron chi connectivity index (χ0n) is 12.7. The summed E-state index contributed by atoms with van der Waals surface area (Å²) in [6.07, 6.45) is 1.83. The van der Waals surface area contributed by atoms with E-state index in [4.69, 9.17) is 5.73 Å². The van der Waals surface area contributed by atoms with Gasteiger partial charge in [0.1, 0.15) is 5.69 Å². The van der Waals surface area contributed by atoms with E-state index in [2.05, 4.69) is 5.10 Å². The van der Waals surface area contributed by atoms with E-state index >= 15 is 0 Å². The Morgan fingerprint density at radius 1 is 1.14 bits per heavy atom. The standard InChI is InChI=1S/C16H21F2N3/c1-4-12-9-13(5-2)21(20-12)16-14(17)7-11(6-10(3)19)8-15(16)18/h7-10H,4-6,19H2,1-3H3. The van der Waals surface area contributed by atoms with Crippen LogP contribution in [0.3, 0.4) is 0 Å². The lowest BCUT2D eigenvalue weighted by molar-refractivity contribution is 0.550. The Hall–Kier alpha value is -1.75. The van der Waals surface area contributed by atoms with Gasteiger partial charge in [0.25, 0.3) is 0 Å². The molecule has 0 radical (unpaired) electrons. The van der Waals surface area contributed by atoms with Crippen LogP contribution in [0.4, 0.5) is 8.78 Å². The van der Waals surface area contributed by atoms with Crippen LogP contribution in [0, 0.1) is 11.6 Å². The number of hydrogen-bond donors (Lipinski definition) is 1. The third kappa shape index (κ3) is 3.29. The van der Waals surface area contributed by atoms with Crippen LogP contribution in [0.5, 0.6) is 0 Å². The summed E-state index contributed by atoms with van der Waals surface area (Å²) < 4.78 is 30.0. The molecular weight excluding hydrogens is 272 g/mol. The van der Waals surface area contributed by atoms with Gasteiger partial charge >= 0.3 is 0 Å². The highest BCUT2D eigenvalue weighted by atomic mass is 19.1. The maximum Gasteiger partial charge on any atom is 0.152 e. The lowest BCUT2D eigenvalue weighted by atomic mass is 10.1. The highest BCUT2D eigenvalue weighted by molar-refractivity contribution is 5.40. The summed E-state index contributed by atoms with van der Waals surface area (Å²) in [5.74, 6) is -1.21. The van der Waals surface area contributed by atoms with Crippen molar-refractivity contribution in [1.82, 2.24) is 9.78 Å². The molecule has 1 unspecified atom stereocenters. The third-order valence-corrected chi connectivity index (χ3v) is 3.40. The SMILES string of the molecule is CCc1cc(CC)n(-c2c(F)cc(CC(C)N)cc2F)n1. The van der Waals surface area contributed by atoms with Crippen LogP contribution in [0.2, 0.25) is 0 Å². The Labute approximate surface area is 123 Å². The summed E-state index contributed by atoms with van der Waals surface area (Å²) in [5.41, 5.74) is 7.75. The normalized spacial score (nSPS) is 12.7. The molecule has 3 nitrogen and oxygen atoms in total. The monoisotopic (exact) mass is 293 g/mol. The molecule has 1 heterocycles. The minimum Gasteiger partial charge on any atom is -0.328 e. The van der Waals surface area contributed by atoms with Crippen molar-refractivity contribution in [2.45, 2.75) is 46.1 Å². The number of rotatable bonds is 5. The maximum atomic E-state index is 14.3. The van der Waals surface area contributed by atoms with Gasteiger partial charge < -0.3 is 5.73 Å².